The Balaban J connectivity index is 1.86. The van der Waals surface area contributed by atoms with Crippen molar-refractivity contribution < 1.29 is 13.2 Å². The van der Waals surface area contributed by atoms with E-state index in [2.05, 4.69) is 10.3 Å². The second kappa shape index (κ2) is 4.11. The van der Waals surface area contributed by atoms with Crippen LogP contribution in [-0.4, -0.2) is 43.0 Å². The van der Waals surface area contributed by atoms with E-state index in [1.165, 1.54) is 15.6 Å². The number of hydrogen-bond acceptors (Lipinski definition) is 5. The highest BCUT2D eigenvalue weighted by Crippen LogP contribution is 2.21. The zero-order valence-corrected chi connectivity index (χ0v) is 10.2. The lowest BCUT2D eigenvalue weighted by atomic mass is 10.0. The first-order chi connectivity index (χ1) is 7.47. The summed E-state index contributed by atoms with van der Waals surface area (Å²) in [5, 5.41) is 4.95. The van der Waals surface area contributed by atoms with Crippen molar-refractivity contribution in [2.45, 2.75) is 0 Å². The minimum Gasteiger partial charge on any atom is -0.302 e. The third kappa shape index (κ3) is 2.39. The molecule has 0 unspecified atom stereocenters. The molecule has 6 nitrogen and oxygen atoms in total. The van der Waals surface area contributed by atoms with Crippen molar-refractivity contribution in [1.29, 1.82) is 0 Å². The summed E-state index contributed by atoms with van der Waals surface area (Å²) < 4.78 is 23.4. The Bertz CT molecular complexity index is 477. The average molecular weight is 261 g/mol. The molecule has 1 saturated heterocycles. The lowest BCUT2D eigenvalue weighted by molar-refractivity contribution is -0.122. The van der Waals surface area contributed by atoms with Gasteiger partial charge in [-0.25, -0.2) is 17.7 Å². The van der Waals surface area contributed by atoms with Gasteiger partial charge in [-0.1, -0.05) is 0 Å². The number of carbonyl (C=O) groups is 1. The molecule has 1 fully saturated rings. The topological polar surface area (TPSA) is 79.4 Å². The normalized spacial score (nSPS) is 18.1. The molecule has 0 aromatic carbocycles. The van der Waals surface area contributed by atoms with E-state index in [1.807, 2.05) is 0 Å². The van der Waals surface area contributed by atoms with Gasteiger partial charge in [0.15, 0.2) is 5.13 Å². The third-order valence-corrected chi connectivity index (χ3v) is 4.28. The Morgan fingerprint density at radius 1 is 1.62 bits per heavy atom. The molecule has 0 spiro atoms. The summed E-state index contributed by atoms with van der Waals surface area (Å²) in [6, 6.07) is 0. The second-order valence-corrected chi connectivity index (χ2v) is 6.48. The fraction of sp³-hybridized carbons (Fsp3) is 0.500. The monoisotopic (exact) mass is 261 g/mol. The first-order valence-corrected chi connectivity index (χ1v) is 7.35. The minimum atomic E-state index is -3.15. The fourth-order valence-electron chi connectivity index (χ4n) is 1.37. The maximum absolute atomic E-state index is 11.6. The van der Waals surface area contributed by atoms with Crippen LogP contribution < -0.4 is 5.32 Å². The molecular weight excluding hydrogens is 250 g/mol. The van der Waals surface area contributed by atoms with Crippen molar-refractivity contribution in [3.8, 4) is 0 Å². The average Bonchev–Trinajstić information content (AvgIpc) is 2.50. The number of aromatic nitrogens is 1. The Kier molecular flexibility index (Phi) is 2.96. The van der Waals surface area contributed by atoms with Crippen LogP contribution in [0.5, 0.6) is 0 Å². The lowest BCUT2D eigenvalue weighted by Crippen LogP contribution is -2.53. The summed E-state index contributed by atoms with van der Waals surface area (Å²) in [6.45, 7) is 0.520. The zero-order chi connectivity index (χ0) is 11.8. The molecule has 2 heterocycles. The number of thiazole rings is 1. The van der Waals surface area contributed by atoms with Crippen LogP contribution in [0.25, 0.3) is 0 Å². The van der Waals surface area contributed by atoms with Gasteiger partial charge in [0.1, 0.15) is 0 Å². The number of rotatable bonds is 3. The molecule has 1 amide bonds. The highest BCUT2D eigenvalue weighted by atomic mass is 32.2. The van der Waals surface area contributed by atoms with Gasteiger partial charge in [-0.3, -0.25) is 4.79 Å². The number of carbonyl (C=O) groups excluding carboxylic acids is 1. The predicted molar refractivity (Wildman–Crippen MR) is 60.7 cm³/mol. The highest BCUT2D eigenvalue weighted by Gasteiger charge is 2.37. The van der Waals surface area contributed by atoms with E-state index in [4.69, 9.17) is 0 Å². The first-order valence-electron chi connectivity index (χ1n) is 4.62. The fourth-order valence-corrected chi connectivity index (χ4v) is 2.80. The van der Waals surface area contributed by atoms with E-state index in [-0.39, 0.29) is 24.9 Å². The molecule has 16 heavy (non-hydrogen) atoms. The van der Waals surface area contributed by atoms with Gasteiger partial charge < -0.3 is 5.32 Å². The Labute approximate surface area is 97.3 Å². The zero-order valence-electron chi connectivity index (χ0n) is 8.58. The smallest absolute Gasteiger partial charge is 0.231 e. The van der Waals surface area contributed by atoms with Gasteiger partial charge in [0.2, 0.25) is 15.9 Å². The van der Waals surface area contributed by atoms with Gasteiger partial charge in [-0.15, -0.1) is 11.3 Å². The van der Waals surface area contributed by atoms with Gasteiger partial charge in [0.05, 0.1) is 12.2 Å². The maximum Gasteiger partial charge on any atom is 0.231 e. The second-order valence-electron chi connectivity index (χ2n) is 3.60. The first kappa shape index (κ1) is 11.5. The van der Waals surface area contributed by atoms with Gasteiger partial charge >= 0.3 is 0 Å². The van der Waals surface area contributed by atoms with Crippen LogP contribution in [0.1, 0.15) is 0 Å². The molecule has 0 saturated carbocycles. The number of nitrogens with zero attached hydrogens (tertiary/aromatic N) is 2. The van der Waals surface area contributed by atoms with E-state index in [9.17, 15) is 13.2 Å². The maximum atomic E-state index is 11.6. The van der Waals surface area contributed by atoms with Crippen LogP contribution in [0, 0.1) is 5.92 Å². The van der Waals surface area contributed by atoms with Crippen molar-refractivity contribution >= 4 is 32.4 Å². The lowest BCUT2D eigenvalue weighted by Gasteiger charge is -2.35. The van der Waals surface area contributed by atoms with Crippen molar-refractivity contribution in [1.82, 2.24) is 9.29 Å². The van der Waals surface area contributed by atoms with Crippen LogP contribution in [0.3, 0.4) is 0 Å². The number of nitrogens with one attached hydrogen (secondary N) is 1. The quantitative estimate of drug-likeness (QED) is 0.829. The Hall–Kier alpha value is -0.990. The van der Waals surface area contributed by atoms with E-state index in [0.717, 1.165) is 6.26 Å². The number of sulfonamides is 1. The van der Waals surface area contributed by atoms with E-state index in [0.29, 0.717) is 5.13 Å². The van der Waals surface area contributed by atoms with Crippen molar-refractivity contribution in [3.63, 3.8) is 0 Å². The van der Waals surface area contributed by atoms with E-state index >= 15 is 0 Å². The van der Waals surface area contributed by atoms with E-state index < -0.39 is 10.0 Å². The molecular formula is C8H11N3O3S2. The summed E-state index contributed by atoms with van der Waals surface area (Å²) in [5.41, 5.74) is 0. The summed E-state index contributed by atoms with van der Waals surface area (Å²) in [4.78, 5) is 15.5. The van der Waals surface area contributed by atoms with Crippen molar-refractivity contribution in [2.24, 2.45) is 5.92 Å². The van der Waals surface area contributed by atoms with Crippen molar-refractivity contribution in [2.75, 3.05) is 24.7 Å². The van der Waals surface area contributed by atoms with Gasteiger partial charge in [-0.05, 0) is 0 Å². The van der Waals surface area contributed by atoms with Crippen LogP contribution in [-0.2, 0) is 14.8 Å². The Morgan fingerprint density at radius 2 is 2.31 bits per heavy atom. The predicted octanol–water partition coefficient (Wildman–Crippen LogP) is -0.0270. The Morgan fingerprint density at radius 3 is 2.81 bits per heavy atom. The number of anilines is 1. The van der Waals surface area contributed by atoms with Crippen LogP contribution in [0.15, 0.2) is 11.6 Å². The summed E-state index contributed by atoms with van der Waals surface area (Å²) >= 11 is 1.33. The van der Waals surface area contributed by atoms with Crippen LogP contribution >= 0.6 is 11.3 Å². The van der Waals surface area contributed by atoms with Crippen molar-refractivity contribution in [3.05, 3.63) is 11.6 Å². The van der Waals surface area contributed by atoms with Crippen LogP contribution in [0.2, 0.25) is 0 Å². The SMILES string of the molecule is CS(=O)(=O)N1CC(C(=O)Nc2nccs2)C1. The molecule has 88 valence electrons. The highest BCUT2D eigenvalue weighted by molar-refractivity contribution is 7.88. The molecule has 1 aromatic rings. The largest absolute Gasteiger partial charge is 0.302 e. The molecule has 0 bridgehead atoms. The summed E-state index contributed by atoms with van der Waals surface area (Å²) in [5.74, 6) is -0.437. The standard InChI is InChI=1S/C8H11N3O3S2/c1-16(13,14)11-4-6(5-11)7(12)10-8-9-2-3-15-8/h2-3,6H,4-5H2,1H3,(H,9,10,12). The molecule has 1 aliphatic heterocycles. The molecule has 2 rings (SSSR count). The van der Waals surface area contributed by atoms with E-state index in [1.54, 1.807) is 11.6 Å². The molecule has 1 N–H and O–H groups in total. The molecule has 0 atom stereocenters. The van der Waals surface area contributed by atoms with Gasteiger partial charge in [-0.2, -0.15) is 0 Å². The molecule has 0 radical (unpaired) electrons. The van der Waals surface area contributed by atoms with Crippen LogP contribution in [0.4, 0.5) is 5.13 Å². The number of amides is 1. The number of hydrogen-bond donors (Lipinski definition) is 1. The molecule has 1 aliphatic rings. The van der Waals surface area contributed by atoms with Gasteiger partial charge in [0.25, 0.3) is 0 Å². The third-order valence-electron chi connectivity index (χ3n) is 2.35. The minimum absolute atomic E-state index is 0.171. The summed E-state index contributed by atoms with van der Waals surface area (Å²) in [7, 11) is -3.15. The molecule has 8 heteroatoms. The summed E-state index contributed by atoms with van der Waals surface area (Å²) in [6.07, 6.45) is 2.74. The molecule has 0 aliphatic carbocycles. The molecule has 1 aromatic heterocycles. The van der Waals surface area contributed by atoms with Gasteiger partial charge in [0, 0.05) is 24.7 Å².